The van der Waals surface area contributed by atoms with Crippen molar-refractivity contribution in [1.82, 2.24) is 4.57 Å². The maximum atomic E-state index is 12.0. The highest BCUT2D eigenvalue weighted by atomic mass is 79.9. The molecule has 1 aromatic heterocycles. The Labute approximate surface area is 108 Å². The van der Waals surface area contributed by atoms with Crippen LogP contribution >= 0.6 is 27.5 Å². The molecule has 3 nitrogen and oxygen atoms in total. The molecular weight excluding hydrogens is 291 g/mol. The molecule has 16 heavy (non-hydrogen) atoms. The lowest BCUT2D eigenvalue weighted by molar-refractivity contribution is 0.397. The minimum atomic E-state index is -0.336. The van der Waals surface area contributed by atoms with E-state index in [-0.39, 0.29) is 22.2 Å². The summed E-state index contributed by atoms with van der Waals surface area (Å²) < 4.78 is 2.11. The second kappa shape index (κ2) is 5.03. The minimum Gasteiger partial charge on any atom is -0.310 e. The van der Waals surface area contributed by atoms with Crippen LogP contribution in [-0.2, 0) is 0 Å². The van der Waals surface area contributed by atoms with Gasteiger partial charge in [-0.15, -0.1) is 0 Å². The molecule has 0 bridgehead atoms. The summed E-state index contributed by atoms with van der Waals surface area (Å²) in [5.74, 6) is 0.303. The van der Waals surface area contributed by atoms with Crippen LogP contribution in [0, 0.1) is 17.2 Å². The van der Waals surface area contributed by atoms with Gasteiger partial charge in [-0.2, -0.15) is 5.26 Å². The van der Waals surface area contributed by atoms with E-state index in [2.05, 4.69) is 15.9 Å². The molecule has 1 atom stereocenters. The first-order valence-corrected chi connectivity index (χ1v) is 6.07. The van der Waals surface area contributed by atoms with Crippen LogP contribution in [0.5, 0.6) is 0 Å². The Hall–Kier alpha value is -0.790. The van der Waals surface area contributed by atoms with Crippen LogP contribution in [0.15, 0.2) is 15.5 Å². The van der Waals surface area contributed by atoms with Gasteiger partial charge in [0.25, 0.3) is 5.56 Å². The number of halogens is 2. The predicted octanol–water partition coefficient (Wildman–Crippen LogP) is 3.35. The van der Waals surface area contributed by atoms with E-state index in [9.17, 15) is 4.79 Å². The minimum absolute atomic E-state index is 0.0106. The molecular formula is C11H12BrClN2O. The lowest BCUT2D eigenvalue weighted by atomic mass is 10.1. The van der Waals surface area contributed by atoms with Crippen molar-refractivity contribution in [3.8, 4) is 6.07 Å². The zero-order valence-corrected chi connectivity index (χ0v) is 11.6. The standard InChI is InChI=1S/C11H12BrClN2O/c1-6(2)7(3)15-5-9(12)10(13)8(4-14)11(15)16/h5-7H,1-3H3/t7-/m0/s1. The molecule has 0 spiro atoms. The molecule has 0 aromatic carbocycles. The van der Waals surface area contributed by atoms with E-state index >= 15 is 0 Å². The third-order valence-corrected chi connectivity index (χ3v) is 3.87. The Kier molecular flexibility index (Phi) is 4.17. The van der Waals surface area contributed by atoms with Gasteiger partial charge in [0.15, 0.2) is 0 Å². The topological polar surface area (TPSA) is 45.8 Å². The molecule has 0 aliphatic heterocycles. The molecule has 0 aliphatic rings. The highest BCUT2D eigenvalue weighted by Gasteiger charge is 2.17. The van der Waals surface area contributed by atoms with Crippen LogP contribution in [0.2, 0.25) is 5.02 Å². The number of rotatable bonds is 2. The summed E-state index contributed by atoms with van der Waals surface area (Å²) in [6.07, 6.45) is 1.64. The van der Waals surface area contributed by atoms with E-state index in [1.54, 1.807) is 10.8 Å². The van der Waals surface area contributed by atoms with Gasteiger partial charge in [-0.3, -0.25) is 4.79 Å². The summed E-state index contributed by atoms with van der Waals surface area (Å²) in [6.45, 7) is 5.98. The van der Waals surface area contributed by atoms with Crippen molar-refractivity contribution in [2.24, 2.45) is 5.92 Å². The van der Waals surface area contributed by atoms with Gasteiger partial charge in [0.2, 0.25) is 0 Å². The first-order chi connectivity index (χ1) is 7.40. The van der Waals surface area contributed by atoms with Crippen molar-refractivity contribution in [2.75, 3.05) is 0 Å². The fraction of sp³-hybridized carbons (Fsp3) is 0.455. The van der Waals surface area contributed by atoms with Gasteiger partial charge in [0.05, 0.1) is 9.50 Å². The van der Waals surface area contributed by atoms with Crippen molar-refractivity contribution in [3.63, 3.8) is 0 Å². The predicted molar refractivity (Wildman–Crippen MR) is 67.7 cm³/mol. The maximum absolute atomic E-state index is 12.0. The van der Waals surface area contributed by atoms with E-state index in [4.69, 9.17) is 16.9 Å². The van der Waals surface area contributed by atoms with Crippen molar-refractivity contribution in [1.29, 1.82) is 5.26 Å². The molecule has 0 N–H and O–H groups in total. The lowest BCUT2D eigenvalue weighted by Gasteiger charge is -2.19. The second-order valence-electron chi connectivity index (χ2n) is 3.97. The molecule has 86 valence electrons. The van der Waals surface area contributed by atoms with Gasteiger partial charge >= 0.3 is 0 Å². The Bertz CT molecular complexity index is 502. The number of hydrogen-bond donors (Lipinski definition) is 0. The lowest BCUT2D eigenvalue weighted by Crippen LogP contribution is -2.28. The van der Waals surface area contributed by atoms with Crippen LogP contribution in [0.4, 0.5) is 0 Å². The highest BCUT2D eigenvalue weighted by Crippen LogP contribution is 2.25. The van der Waals surface area contributed by atoms with Crippen LogP contribution in [-0.4, -0.2) is 4.57 Å². The van der Waals surface area contributed by atoms with E-state index in [0.29, 0.717) is 10.4 Å². The van der Waals surface area contributed by atoms with Gasteiger partial charge in [-0.25, -0.2) is 0 Å². The summed E-state index contributed by atoms with van der Waals surface area (Å²) in [4.78, 5) is 12.0. The van der Waals surface area contributed by atoms with Gasteiger partial charge in [0, 0.05) is 12.2 Å². The molecule has 0 saturated heterocycles. The average molecular weight is 304 g/mol. The van der Waals surface area contributed by atoms with Crippen LogP contribution < -0.4 is 5.56 Å². The Morgan fingerprint density at radius 3 is 2.50 bits per heavy atom. The number of hydrogen-bond acceptors (Lipinski definition) is 2. The quantitative estimate of drug-likeness (QED) is 0.841. The Balaban J connectivity index is 3.51. The molecule has 0 fully saturated rings. The molecule has 0 amide bonds. The first kappa shape index (κ1) is 13.3. The fourth-order valence-electron chi connectivity index (χ4n) is 1.30. The molecule has 1 heterocycles. The first-order valence-electron chi connectivity index (χ1n) is 4.90. The largest absolute Gasteiger partial charge is 0.310 e. The Morgan fingerprint density at radius 2 is 2.06 bits per heavy atom. The van der Waals surface area contributed by atoms with Crippen molar-refractivity contribution < 1.29 is 0 Å². The summed E-state index contributed by atoms with van der Waals surface area (Å²) in [5.41, 5.74) is -0.347. The van der Waals surface area contributed by atoms with Crippen molar-refractivity contribution in [2.45, 2.75) is 26.8 Å². The van der Waals surface area contributed by atoms with Crippen molar-refractivity contribution >= 4 is 27.5 Å². The molecule has 1 rings (SSSR count). The summed E-state index contributed by atoms with van der Waals surface area (Å²) >= 11 is 9.12. The second-order valence-corrected chi connectivity index (χ2v) is 5.21. The molecule has 1 aromatic rings. The zero-order chi connectivity index (χ0) is 12.5. The highest BCUT2D eigenvalue weighted by molar-refractivity contribution is 9.10. The van der Waals surface area contributed by atoms with Gasteiger partial charge in [0.1, 0.15) is 11.6 Å². The summed E-state index contributed by atoms with van der Waals surface area (Å²) in [6, 6.07) is 1.86. The molecule has 0 radical (unpaired) electrons. The van der Waals surface area contributed by atoms with Crippen LogP contribution in [0.25, 0.3) is 0 Å². The van der Waals surface area contributed by atoms with Crippen LogP contribution in [0.3, 0.4) is 0 Å². The monoisotopic (exact) mass is 302 g/mol. The van der Waals surface area contributed by atoms with Crippen molar-refractivity contribution in [3.05, 3.63) is 31.6 Å². The Morgan fingerprint density at radius 1 is 1.50 bits per heavy atom. The van der Waals surface area contributed by atoms with E-state index in [1.807, 2.05) is 26.8 Å². The SMILES string of the molecule is CC(C)[C@H](C)n1cc(Br)c(Cl)c(C#N)c1=O. The normalized spacial score (nSPS) is 12.6. The maximum Gasteiger partial charge on any atom is 0.270 e. The number of nitriles is 1. The van der Waals surface area contributed by atoms with E-state index < -0.39 is 0 Å². The third kappa shape index (κ3) is 2.31. The van der Waals surface area contributed by atoms with Crippen LogP contribution in [0.1, 0.15) is 32.4 Å². The van der Waals surface area contributed by atoms with Gasteiger partial charge < -0.3 is 4.57 Å². The fourth-order valence-corrected chi connectivity index (χ4v) is 1.89. The number of pyridine rings is 1. The number of aromatic nitrogens is 1. The number of nitrogens with zero attached hydrogens (tertiary/aromatic N) is 2. The molecule has 0 unspecified atom stereocenters. The zero-order valence-electron chi connectivity index (χ0n) is 9.29. The molecule has 5 heteroatoms. The van der Waals surface area contributed by atoms with Gasteiger partial charge in [-0.1, -0.05) is 25.4 Å². The molecule has 0 saturated carbocycles. The summed E-state index contributed by atoms with van der Waals surface area (Å²) in [7, 11) is 0. The average Bonchev–Trinajstić information content (AvgIpc) is 2.23. The van der Waals surface area contributed by atoms with E-state index in [1.165, 1.54) is 0 Å². The molecule has 0 aliphatic carbocycles. The van der Waals surface area contributed by atoms with E-state index in [0.717, 1.165) is 0 Å². The smallest absolute Gasteiger partial charge is 0.270 e. The van der Waals surface area contributed by atoms with Gasteiger partial charge in [-0.05, 0) is 28.8 Å². The summed E-state index contributed by atoms with van der Waals surface area (Å²) in [5, 5.41) is 9.08. The third-order valence-electron chi connectivity index (χ3n) is 2.65.